The predicted molar refractivity (Wildman–Crippen MR) is 152 cm³/mol. The molecule has 2 aromatic carbocycles. The van der Waals surface area contributed by atoms with Crippen molar-refractivity contribution in [3.05, 3.63) is 45.6 Å². The number of amides is 2. The first-order valence-corrected chi connectivity index (χ1v) is 13.8. The van der Waals surface area contributed by atoms with Gasteiger partial charge in [-0.05, 0) is 67.0 Å². The average Bonchev–Trinajstić information content (AvgIpc) is 3.36. The first-order chi connectivity index (χ1) is 19.4. The zero-order valence-corrected chi connectivity index (χ0v) is 23.7. The number of methoxy groups -OCH3 is 3. The molecule has 0 bridgehead atoms. The van der Waals surface area contributed by atoms with Crippen molar-refractivity contribution >= 4 is 17.5 Å². The lowest BCUT2D eigenvalue weighted by molar-refractivity contribution is -0.121. The van der Waals surface area contributed by atoms with Crippen LogP contribution in [0.2, 0.25) is 0 Å². The highest BCUT2D eigenvalue weighted by atomic mass is 16.5. The van der Waals surface area contributed by atoms with Crippen LogP contribution in [0.4, 0.5) is 5.69 Å². The van der Waals surface area contributed by atoms with Crippen molar-refractivity contribution in [1.29, 1.82) is 0 Å². The summed E-state index contributed by atoms with van der Waals surface area (Å²) in [6.07, 6.45) is 4.25. The maximum absolute atomic E-state index is 13.4. The van der Waals surface area contributed by atoms with Crippen molar-refractivity contribution in [2.75, 3.05) is 46.3 Å². The molecule has 10 heteroatoms. The summed E-state index contributed by atoms with van der Waals surface area (Å²) in [4.78, 5) is 37.7. The smallest absolute Gasteiger partial charge is 0.220 e. The number of hydrogen-bond donors (Lipinski definition) is 3. The molecule has 4 rings (SSSR count). The number of benzene rings is 1. The van der Waals surface area contributed by atoms with E-state index in [0.717, 1.165) is 36.1 Å². The predicted octanol–water partition coefficient (Wildman–Crippen LogP) is 3.35. The average molecular weight is 554 g/mol. The zero-order chi connectivity index (χ0) is 28.6. The minimum atomic E-state index is -0.373. The fourth-order valence-corrected chi connectivity index (χ4v) is 5.45. The molecule has 0 aromatic heterocycles. The van der Waals surface area contributed by atoms with Gasteiger partial charge in [-0.2, -0.15) is 0 Å². The summed E-state index contributed by atoms with van der Waals surface area (Å²) < 4.78 is 22.6. The zero-order valence-electron chi connectivity index (χ0n) is 23.7. The highest BCUT2D eigenvalue weighted by Crippen LogP contribution is 2.50. The van der Waals surface area contributed by atoms with Crippen LogP contribution in [0.5, 0.6) is 17.2 Å². The van der Waals surface area contributed by atoms with E-state index in [-0.39, 0.29) is 29.4 Å². The van der Waals surface area contributed by atoms with Gasteiger partial charge in [0.1, 0.15) is 0 Å². The Bertz CT molecular complexity index is 1290. The van der Waals surface area contributed by atoms with Gasteiger partial charge in [0.15, 0.2) is 11.5 Å². The fraction of sp³-hybridized carbons (Fsp3) is 0.500. The van der Waals surface area contributed by atoms with E-state index in [0.29, 0.717) is 67.3 Å². The Morgan fingerprint density at radius 2 is 1.85 bits per heavy atom. The van der Waals surface area contributed by atoms with Crippen molar-refractivity contribution in [1.82, 2.24) is 10.6 Å². The normalized spacial score (nSPS) is 17.6. The van der Waals surface area contributed by atoms with Gasteiger partial charge in [0.25, 0.3) is 0 Å². The molecule has 0 spiro atoms. The van der Waals surface area contributed by atoms with Crippen LogP contribution in [-0.2, 0) is 20.7 Å². The number of rotatable bonds is 11. The maximum Gasteiger partial charge on any atom is 0.220 e. The Labute approximate surface area is 234 Å². The molecule has 40 heavy (non-hydrogen) atoms. The van der Waals surface area contributed by atoms with Gasteiger partial charge in [0.05, 0.1) is 39.2 Å². The van der Waals surface area contributed by atoms with E-state index in [1.165, 1.54) is 6.92 Å². The molecular formula is C30H39N3O7. The van der Waals surface area contributed by atoms with Gasteiger partial charge in [0, 0.05) is 38.6 Å². The number of fused-ring (bicyclic) bond motifs is 3. The number of carbonyl (C=O) groups is 2. The maximum atomic E-state index is 13.4. The minimum Gasteiger partial charge on any atom is -0.493 e. The van der Waals surface area contributed by atoms with Crippen LogP contribution in [0.1, 0.15) is 56.2 Å². The Kier molecular flexibility index (Phi) is 9.87. The van der Waals surface area contributed by atoms with E-state index < -0.39 is 0 Å². The van der Waals surface area contributed by atoms with Crippen LogP contribution in [0.25, 0.3) is 11.1 Å². The molecule has 1 fully saturated rings. The Morgan fingerprint density at radius 1 is 1.05 bits per heavy atom. The Hall–Kier alpha value is -3.79. The number of hydrogen-bond acceptors (Lipinski definition) is 8. The van der Waals surface area contributed by atoms with E-state index in [9.17, 15) is 14.4 Å². The molecule has 0 radical (unpaired) electrons. The van der Waals surface area contributed by atoms with Crippen molar-refractivity contribution in [3.8, 4) is 28.4 Å². The lowest BCUT2D eigenvalue weighted by atomic mass is 9.95. The van der Waals surface area contributed by atoms with Gasteiger partial charge < -0.3 is 34.9 Å². The lowest BCUT2D eigenvalue weighted by Crippen LogP contribution is -2.31. The third-order valence-corrected chi connectivity index (χ3v) is 7.36. The quantitative estimate of drug-likeness (QED) is 0.362. The number of carbonyl (C=O) groups excluding carboxylic acids is 2. The number of anilines is 1. The number of nitrogens with one attached hydrogen (secondary N) is 3. The summed E-state index contributed by atoms with van der Waals surface area (Å²) >= 11 is 0. The Balaban J connectivity index is 1.60. The molecule has 0 saturated carbocycles. The molecule has 1 aliphatic heterocycles. The molecule has 2 atom stereocenters. The summed E-state index contributed by atoms with van der Waals surface area (Å²) in [7, 11) is 4.69. The largest absolute Gasteiger partial charge is 0.493 e. The van der Waals surface area contributed by atoms with Crippen LogP contribution < -0.4 is 35.6 Å². The van der Waals surface area contributed by atoms with Crippen LogP contribution >= 0.6 is 0 Å². The Morgan fingerprint density at radius 3 is 2.52 bits per heavy atom. The van der Waals surface area contributed by atoms with Crippen molar-refractivity contribution < 1.29 is 28.5 Å². The molecule has 216 valence electrons. The van der Waals surface area contributed by atoms with Gasteiger partial charge in [-0.15, -0.1) is 0 Å². The van der Waals surface area contributed by atoms with E-state index in [2.05, 4.69) is 16.0 Å². The lowest BCUT2D eigenvalue weighted by Gasteiger charge is -2.19. The first-order valence-electron chi connectivity index (χ1n) is 13.8. The van der Waals surface area contributed by atoms with Crippen molar-refractivity contribution in [2.45, 2.75) is 57.6 Å². The highest BCUT2D eigenvalue weighted by molar-refractivity contribution is 5.83. The molecule has 1 saturated heterocycles. The summed E-state index contributed by atoms with van der Waals surface area (Å²) in [5.41, 5.74) is 3.43. The first kappa shape index (κ1) is 29.2. The van der Waals surface area contributed by atoms with Gasteiger partial charge in [0.2, 0.25) is 23.0 Å². The number of aryl methyl sites for hydroxylation is 1. The SMILES string of the molecule is COc1cc2c(c(OC)c1OC)-c1ccc(NCCCC(=O)NC[C@H]3CCCO3)c(=O)cc1[C@H](NC(C)=O)CC2. The molecule has 1 aliphatic carbocycles. The van der Waals surface area contributed by atoms with Crippen LogP contribution in [0, 0.1) is 0 Å². The second-order valence-corrected chi connectivity index (χ2v) is 10.1. The molecule has 0 unspecified atom stereocenters. The molecule has 2 aromatic rings. The monoisotopic (exact) mass is 553 g/mol. The number of ether oxygens (including phenoxy) is 4. The molecular weight excluding hydrogens is 514 g/mol. The van der Waals surface area contributed by atoms with Crippen LogP contribution in [0.3, 0.4) is 0 Å². The third-order valence-electron chi connectivity index (χ3n) is 7.36. The third kappa shape index (κ3) is 6.67. The summed E-state index contributed by atoms with van der Waals surface area (Å²) in [5.74, 6) is 1.29. The van der Waals surface area contributed by atoms with Gasteiger partial charge in [-0.1, -0.05) is 6.07 Å². The molecule has 3 N–H and O–H groups in total. The van der Waals surface area contributed by atoms with E-state index in [1.54, 1.807) is 33.5 Å². The summed E-state index contributed by atoms with van der Waals surface area (Å²) in [5, 5.41) is 9.12. The standard InChI is InChI=1S/C30H39N3O7/c1-18(34)33-23-11-9-19-15-26(37-2)29(38-3)30(39-4)28(19)21-10-12-24(25(35)16-22(21)23)31-13-5-8-27(36)32-17-20-7-6-14-40-20/h10,12,15-16,20,23H,5-9,11,13-14,17H2,1-4H3,(H,31,35)(H,32,36)(H,33,34)/t20-,23-/m1/s1. The van der Waals surface area contributed by atoms with E-state index >= 15 is 0 Å². The minimum absolute atomic E-state index is 0.0313. The molecule has 1 heterocycles. The summed E-state index contributed by atoms with van der Waals surface area (Å²) in [6, 6.07) is 6.75. The van der Waals surface area contributed by atoms with Gasteiger partial charge >= 0.3 is 0 Å². The molecule has 2 amide bonds. The van der Waals surface area contributed by atoms with Crippen LogP contribution in [0.15, 0.2) is 29.1 Å². The molecule has 2 aliphatic rings. The van der Waals surface area contributed by atoms with E-state index in [1.807, 2.05) is 12.1 Å². The van der Waals surface area contributed by atoms with Gasteiger partial charge in [-0.25, -0.2) is 0 Å². The second kappa shape index (κ2) is 13.5. The van der Waals surface area contributed by atoms with Crippen molar-refractivity contribution in [2.24, 2.45) is 0 Å². The summed E-state index contributed by atoms with van der Waals surface area (Å²) in [6.45, 7) is 3.21. The fourth-order valence-electron chi connectivity index (χ4n) is 5.45. The van der Waals surface area contributed by atoms with E-state index in [4.69, 9.17) is 18.9 Å². The molecule has 10 nitrogen and oxygen atoms in total. The highest BCUT2D eigenvalue weighted by Gasteiger charge is 2.29. The van der Waals surface area contributed by atoms with Gasteiger partial charge in [-0.3, -0.25) is 14.4 Å². The van der Waals surface area contributed by atoms with Crippen molar-refractivity contribution in [3.63, 3.8) is 0 Å². The topological polar surface area (TPSA) is 124 Å². The second-order valence-electron chi connectivity index (χ2n) is 10.1. The van der Waals surface area contributed by atoms with Crippen LogP contribution in [-0.4, -0.2) is 58.9 Å².